The number of nitrogens with one attached hydrogen (secondary N) is 2. The molecule has 1 saturated carbocycles. The zero-order chi connectivity index (χ0) is 24.9. The van der Waals surface area contributed by atoms with Gasteiger partial charge in [0.05, 0.1) is 5.92 Å². The summed E-state index contributed by atoms with van der Waals surface area (Å²) in [5, 5.41) is 15.0. The van der Waals surface area contributed by atoms with Crippen LogP contribution in [0, 0.1) is 17.8 Å². The second kappa shape index (κ2) is 10.9. The first-order chi connectivity index (χ1) is 16.9. The Kier molecular flexibility index (Phi) is 7.73. The molecule has 35 heavy (non-hydrogen) atoms. The first-order valence-corrected chi connectivity index (χ1v) is 12.5. The predicted molar refractivity (Wildman–Crippen MR) is 133 cm³/mol. The van der Waals surface area contributed by atoms with Gasteiger partial charge in [-0.1, -0.05) is 75.2 Å². The molecule has 186 valence electrons. The average molecular weight is 479 g/mol. The second-order valence-corrected chi connectivity index (χ2v) is 9.71. The van der Waals surface area contributed by atoms with Crippen LogP contribution < -0.4 is 10.6 Å². The number of amides is 2. The third-order valence-electron chi connectivity index (χ3n) is 7.63. The minimum atomic E-state index is -0.808. The highest BCUT2D eigenvalue weighted by Crippen LogP contribution is 2.44. The number of hydrogen-bond acceptors (Lipinski definition) is 4. The molecule has 2 amide bonds. The molecule has 0 aromatic heterocycles. The highest BCUT2D eigenvalue weighted by Gasteiger charge is 2.35. The zero-order valence-corrected chi connectivity index (χ0v) is 20.3. The van der Waals surface area contributed by atoms with Gasteiger partial charge in [-0.3, -0.25) is 9.59 Å². The van der Waals surface area contributed by atoms with E-state index < -0.39 is 24.0 Å². The molecule has 4 rings (SSSR count). The summed E-state index contributed by atoms with van der Waals surface area (Å²) in [6, 6.07) is 15.5. The smallest absolute Gasteiger partial charge is 0.407 e. The highest BCUT2D eigenvalue weighted by atomic mass is 16.5. The van der Waals surface area contributed by atoms with E-state index >= 15 is 0 Å². The lowest BCUT2D eigenvalue weighted by molar-refractivity contribution is -0.143. The molecule has 1 fully saturated rings. The second-order valence-electron chi connectivity index (χ2n) is 9.71. The molecule has 0 bridgehead atoms. The number of carbonyl (C=O) groups is 3. The minimum absolute atomic E-state index is 0.0562. The fraction of sp³-hybridized carbons (Fsp3) is 0.464. The van der Waals surface area contributed by atoms with Crippen molar-refractivity contribution in [3.63, 3.8) is 0 Å². The Hall–Kier alpha value is -3.35. The van der Waals surface area contributed by atoms with Crippen molar-refractivity contribution in [3.05, 3.63) is 59.7 Å². The van der Waals surface area contributed by atoms with Gasteiger partial charge in [0.2, 0.25) is 5.91 Å². The van der Waals surface area contributed by atoms with Crippen LogP contribution in [0.3, 0.4) is 0 Å². The van der Waals surface area contributed by atoms with Gasteiger partial charge < -0.3 is 20.5 Å². The van der Waals surface area contributed by atoms with E-state index in [2.05, 4.69) is 34.9 Å². The number of benzene rings is 2. The molecule has 1 unspecified atom stereocenters. The zero-order valence-electron chi connectivity index (χ0n) is 20.3. The molecule has 2 aromatic rings. The van der Waals surface area contributed by atoms with Crippen LogP contribution in [0.2, 0.25) is 0 Å². The SMILES string of the molecule is CCC(C)[C@H](NC(=O)OCC1c2ccccc2-c2ccccc21)C(=O)NC[C@@H]1CCC[C@@H]1C(=O)O. The minimum Gasteiger partial charge on any atom is -0.481 e. The molecule has 0 radical (unpaired) electrons. The molecule has 2 aromatic carbocycles. The maximum absolute atomic E-state index is 13.0. The van der Waals surface area contributed by atoms with Crippen LogP contribution in [0.1, 0.15) is 56.6 Å². The van der Waals surface area contributed by atoms with Crippen molar-refractivity contribution in [2.45, 2.75) is 51.5 Å². The molecule has 0 saturated heterocycles. The summed E-state index contributed by atoms with van der Waals surface area (Å²) < 4.78 is 5.63. The van der Waals surface area contributed by atoms with E-state index in [1.165, 1.54) is 0 Å². The molecule has 0 aliphatic heterocycles. The van der Waals surface area contributed by atoms with Crippen LogP contribution in [0.15, 0.2) is 48.5 Å². The van der Waals surface area contributed by atoms with Gasteiger partial charge in [0.25, 0.3) is 0 Å². The van der Waals surface area contributed by atoms with Crippen LogP contribution in [0.25, 0.3) is 11.1 Å². The molecule has 0 heterocycles. The van der Waals surface area contributed by atoms with Crippen molar-refractivity contribution in [2.24, 2.45) is 17.8 Å². The van der Waals surface area contributed by atoms with Gasteiger partial charge in [0, 0.05) is 12.5 Å². The number of rotatable bonds is 9. The fourth-order valence-corrected chi connectivity index (χ4v) is 5.42. The Balaban J connectivity index is 1.37. The van der Waals surface area contributed by atoms with Crippen LogP contribution in [0.4, 0.5) is 4.79 Å². The number of carboxylic acid groups (broad SMARTS) is 1. The molecular formula is C28H34N2O5. The summed E-state index contributed by atoms with van der Waals surface area (Å²) in [6.45, 7) is 4.34. The van der Waals surface area contributed by atoms with Crippen molar-refractivity contribution in [2.75, 3.05) is 13.2 Å². The Morgan fingerprint density at radius 3 is 2.26 bits per heavy atom. The van der Waals surface area contributed by atoms with Gasteiger partial charge in [-0.25, -0.2) is 4.79 Å². The third kappa shape index (κ3) is 5.34. The van der Waals surface area contributed by atoms with E-state index in [1.54, 1.807) is 0 Å². The summed E-state index contributed by atoms with van der Waals surface area (Å²) in [5.74, 6) is -1.77. The summed E-state index contributed by atoms with van der Waals surface area (Å²) in [4.78, 5) is 37.2. The lowest BCUT2D eigenvalue weighted by Gasteiger charge is -2.25. The Morgan fingerprint density at radius 2 is 1.66 bits per heavy atom. The number of carboxylic acids is 1. The van der Waals surface area contributed by atoms with E-state index in [-0.39, 0.29) is 30.3 Å². The summed E-state index contributed by atoms with van der Waals surface area (Å²) in [7, 11) is 0. The maximum Gasteiger partial charge on any atom is 0.407 e. The number of carbonyl (C=O) groups excluding carboxylic acids is 2. The quantitative estimate of drug-likeness (QED) is 0.490. The van der Waals surface area contributed by atoms with Crippen molar-refractivity contribution in [1.82, 2.24) is 10.6 Å². The first-order valence-electron chi connectivity index (χ1n) is 12.5. The van der Waals surface area contributed by atoms with Gasteiger partial charge in [-0.2, -0.15) is 0 Å². The summed E-state index contributed by atoms with van der Waals surface area (Å²) in [5.41, 5.74) is 4.56. The number of hydrogen-bond donors (Lipinski definition) is 3. The van der Waals surface area contributed by atoms with Crippen molar-refractivity contribution in [3.8, 4) is 11.1 Å². The van der Waals surface area contributed by atoms with Gasteiger partial charge in [-0.05, 0) is 46.9 Å². The Bertz CT molecular complexity index is 1040. The Labute approximate surface area is 206 Å². The topological polar surface area (TPSA) is 105 Å². The molecule has 7 heteroatoms. The molecular weight excluding hydrogens is 444 g/mol. The number of fused-ring (bicyclic) bond motifs is 3. The molecule has 2 aliphatic carbocycles. The first kappa shape index (κ1) is 24.8. The normalized spacial score (nSPS) is 20.4. The van der Waals surface area contributed by atoms with Crippen LogP contribution in [-0.4, -0.2) is 42.3 Å². The number of ether oxygens (including phenoxy) is 1. The van der Waals surface area contributed by atoms with E-state index in [4.69, 9.17) is 4.74 Å². The van der Waals surface area contributed by atoms with Gasteiger partial charge in [0.1, 0.15) is 12.6 Å². The fourth-order valence-electron chi connectivity index (χ4n) is 5.42. The van der Waals surface area contributed by atoms with Crippen LogP contribution in [-0.2, 0) is 14.3 Å². The van der Waals surface area contributed by atoms with Crippen LogP contribution >= 0.6 is 0 Å². The van der Waals surface area contributed by atoms with E-state index in [0.717, 1.165) is 35.1 Å². The van der Waals surface area contributed by atoms with Gasteiger partial charge in [0.15, 0.2) is 0 Å². The predicted octanol–water partition coefficient (Wildman–Crippen LogP) is 4.56. The lowest BCUT2D eigenvalue weighted by atomic mass is 9.95. The molecule has 3 N–H and O–H groups in total. The third-order valence-corrected chi connectivity index (χ3v) is 7.63. The maximum atomic E-state index is 13.0. The highest BCUT2D eigenvalue weighted by molar-refractivity contribution is 5.86. The van der Waals surface area contributed by atoms with E-state index in [0.29, 0.717) is 19.4 Å². The van der Waals surface area contributed by atoms with E-state index in [9.17, 15) is 19.5 Å². The van der Waals surface area contributed by atoms with Crippen molar-refractivity contribution in [1.29, 1.82) is 0 Å². The lowest BCUT2D eigenvalue weighted by Crippen LogP contribution is -2.51. The molecule has 0 spiro atoms. The van der Waals surface area contributed by atoms with Crippen molar-refractivity contribution >= 4 is 18.0 Å². The molecule has 2 aliphatic rings. The van der Waals surface area contributed by atoms with Gasteiger partial charge in [-0.15, -0.1) is 0 Å². The monoisotopic (exact) mass is 478 g/mol. The standard InChI is InChI=1S/C28H34N2O5/c1-3-17(2)25(26(31)29-15-18-9-8-14-19(18)27(32)33)30-28(34)35-16-24-22-12-6-4-10-20(22)21-11-5-7-13-23(21)24/h4-7,10-13,17-19,24-25H,3,8-9,14-16H2,1-2H3,(H,29,31)(H,30,34)(H,32,33)/t17?,18-,19-,25-/m0/s1. The Morgan fingerprint density at radius 1 is 1.03 bits per heavy atom. The average Bonchev–Trinajstić information content (AvgIpc) is 3.47. The van der Waals surface area contributed by atoms with E-state index in [1.807, 2.05) is 38.1 Å². The summed E-state index contributed by atoms with van der Waals surface area (Å²) in [6.07, 6.45) is 2.34. The van der Waals surface area contributed by atoms with Crippen LogP contribution in [0.5, 0.6) is 0 Å². The number of alkyl carbamates (subject to hydrolysis) is 1. The number of aliphatic carboxylic acids is 1. The molecule has 4 atom stereocenters. The van der Waals surface area contributed by atoms with Gasteiger partial charge >= 0.3 is 12.1 Å². The molecule has 7 nitrogen and oxygen atoms in total. The summed E-state index contributed by atoms with van der Waals surface area (Å²) >= 11 is 0. The largest absolute Gasteiger partial charge is 0.481 e. The van der Waals surface area contributed by atoms with Crippen molar-refractivity contribution < 1.29 is 24.2 Å².